The van der Waals surface area contributed by atoms with Crippen LogP contribution >= 0.6 is 31.9 Å². The van der Waals surface area contributed by atoms with Crippen molar-refractivity contribution in [1.29, 1.82) is 0 Å². The van der Waals surface area contributed by atoms with Crippen LogP contribution in [0.1, 0.15) is 12.0 Å². The van der Waals surface area contributed by atoms with Crippen LogP contribution in [0.15, 0.2) is 24.3 Å². The van der Waals surface area contributed by atoms with Crippen molar-refractivity contribution >= 4 is 37.8 Å². The number of carbonyl (C=O) groups excluding carboxylic acids is 1. The van der Waals surface area contributed by atoms with Crippen molar-refractivity contribution in [2.45, 2.75) is 17.8 Å². The first kappa shape index (κ1) is 13.6. The first-order valence-electron chi connectivity index (χ1n) is 4.86. The topological polar surface area (TPSA) is 29.1 Å². The molecule has 1 unspecified atom stereocenters. The molecule has 0 aliphatic rings. The molecule has 0 aliphatic carbocycles. The van der Waals surface area contributed by atoms with Crippen LogP contribution in [0.25, 0.3) is 0 Å². The number of alkyl halides is 2. The molecule has 0 aromatic heterocycles. The maximum absolute atomic E-state index is 13.2. The minimum Gasteiger partial charge on any atom is -0.351 e. The van der Waals surface area contributed by atoms with E-state index in [-0.39, 0.29) is 23.1 Å². The Bertz CT molecular complexity index is 360. The minimum absolute atomic E-state index is 0.122. The van der Waals surface area contributed by atoms with Crippen molar-refractivity contribution < 1.29 is 9.18 Å². The normalized spacial score (nSPS) is 12.2. The van der Waals surface area contributed by atoms with Crippen molar-refractivity contribution in [3.8, 4) is 0 Å². The first-order chi connectivity index (χ1) is 7.65. The van der Waals surface area contributed by atoms with Gasteiger partial charge in [0.15, 0.2) is 0 Å². The standard InChI is InChI=1S/C11H12Br2FNO/c12-6-5-9(13)11(16)15-7-8-3-1-2-4-10(8)14/h1-4,9H,5-7H2,(H,15,16). The second kappa shape index (κ2) is 7.01. The number of nitrogens with one attached hydrogen (secondary N) is 1. The molecule has 0 saturated carbocycles. The van der Waals surface area contributed by atoms with Gasteiger partial charge >= 0.3 is 0 Å². The number of hydrogen-bond acceptors (Lipinski definition) is 1. The Labute approximate surface area is 111 Å². The highest BCUT2D eigenvalue weighted by Gasteiger charge is 2.13. The molecule has 0 radical (unpaired) electrons. The molecule has 0 saturated heterocycles. The molecule has 0 aliphatic heterocycles. The number of halogens is 3. The van der Waals surface area contributed by atoms with Crippen molar-refractivity contribution in [2.75, 3.05) is 5.33 Å². The Morgan fingerprint density at radius 2 is 2.12 bits per heavy atom. The molecule has 1 N–H and O–H groups in total. The van der Waals surface area contributed by atoms with Crippen LogP contribution in [0.5, 0.6) is 0 Å². The predicted octanol–water partition coefficient (Wildman–Crippen LogP) is 2.99. The predicted molar refractivity (Wildman–Crippen MR) is 69.4 cm³/mol. The van der Waals surface area contributed by atoms with Crippen LogP contribution in [0.2, 0.25) is 0 Å². The Kier molecular flexibility index (Phi) is 5.98. The molecule has 1 atom stereocenters. The van der Waals surface area contributed by atoms with Crippen LogP contribution in [-0.4, -0.2) is 16.1 Å². The SMILES string of the molecule is O=C(NCc1ccccc1F)C(Br)CCBr. The fourth-order valence-electron chi connectivity index (χ4n) is 1.16. The molecule has 1 aromatic rings. The third-order valence-corrected chi connectivity index (χ3v) is 3.39. The highest BCUT2D eigenvalue weighted by atomic mass is 79.9. The Balaban J connectivity index is 2.46. The summed E-state index contributed by atoms with van der Waals surface area (Å²) in [5, 5.41) is 3.42. The van der Waals surface area contributed by atoms with Crippen LogP contribution in [0.4, 0.5) is 4.39 Å². The lowest BCUT2D eigenvalue weighted by Gasteiger charge is -2.09. The number of hydrogen-bond donors (Lipinski definition) is 1. The van der Waals surface area contributed by atoms with Gasteiger partial charge in [0, 0.05) is 17.4 Å². The van der Waals surface area contributed by atoms with Gasteiger partial charge in [0.25, 0.3) is 0 Å². The second-order valence-electron chi connectivity index (χ2n) is 3.25. The molecule has 0 heterocycles. The van der Waals surface area contributed by atoms with E-state index in [0.717, 1.165) is 5.33 Å². The van der Waals surface area contributed by atoms with Crippen LogP contribution in [-0.2, 0) is 11.3 Å². The molecule has 5 heteroatoms. The molecule has 2 nitrogen and oxygen atoms in total. The molecule has 0 spiro atoms. The van der Waals surface area contributed by atoms with E-state index >= 15 is 0 Å². The zero-order chi connectivity index (χ0) is 12.0. The maximum Gasteiger partial charge on any atom is 0.234 e. The average Bonchev–Trinajstić information content (AvgIpc) is 2.28. The van der Waals surface area contributed by atoms with E-state index in [4.69, 9.17) is 0 Å². The summed E-state index contributed by atoms with van der Waals surface area (Å²) in [5.74, 6) is -0.419. The summed E-state index contributed by atoms with van der Waals surface area (Å²) in [6.45, 7) is 0.218. The van der Waals surface area contributed by atoms with Crippen LogP contribution in [0.3, 0.4) is 0 Å². The average molecular weight is 353 g/mol. The summed E-state index contributed by atoms with van der Waals surface area (Å²) in [7, 11) is 0. The number of carbonyl (C=O) groups is 1. The fourth-order valence-corrected chi connectivity index (χ4v) is 2.62. The van der Waals surface area contributed by atoms with E-state index in [1.165, 1.54) is 6.07 Å². The van der Waals surface area contributed by atoms with Crippen molar-refractivity contribution in [1.82, 2.24) is 5.32 Å². The highest BCUT2D eigenvalue weighted by Crippen LogP contribution is 2.09. The lowest BCUT2D eigenvalue weighted by molar-refractivity contribution is -0.120. The van der Waals surface area contributed by atoms with Crippen LogP contribution in [0, 0.1) is 5.82 Å². The van der Waals surface area contributed by atoms with Crippen molar-refractivity contribution in [3.63, 3.8) is 0 Å². The maximum atomic E-state index is 13.2. The molecule has 1 amide bonds. The summed E-state index contributed by atoms with van der Waals surface area (Å²) in [6, 6.07) is 6.41. The van der Waals surface area contributed by atoms with Gasteiger partial charge in [-0.3, -0.25) is 4.79 Å². The lowest BCUT2D eigenvalue weighted by Crippen LogP contribution is -2.31. The molecule has 1 rings (SSSR count). The van der Waals surface area contributed by atoms with E-state index in [1.54, 1.807) is 18.2 Å². The zero-order valence-electron chi connectivity index (χ0n) is 8.55. The van der Waals surface area contributed by atoms with E-state index in [0.29, 0.717) is 12.0 Å². The molecule has 88 valence electrons. The van der Waals surface area contributed by atoms with Gasteiger partial charge in [0.1, 0.15) is 5.82 Å². The quantitative estimate of drug-likeness (QED) is 0.811. The van der Waals surface area contributed by atoms with Crippen molar-refractivity contribution in [3.05, 3.63) is 35.6 Å². The van der Waals surface area contributed by atoms with Gasteiger partial charge in [-0.2, -0.15) is 0 Å². The van der Waals surface area contributed by atoms with E-state index in [1.807, 2.05) is 0 Å². The van der Waals surface area contributed by atoms with Gasteiger partial charge in [-0.25, -0.2) is 4.39 Å². The van der Waals surface area contributed by atoms with Gasteiger partial charge in [-0.15, -0.1) is 0 Å². The number of rotatable bonds is 5. The molecular formula is C11H12Br2FNO. The van der Waals surface area contributed by atoms with Gasteiger partial charge in [-0.1, -0.05) is 50.1 Å². The zero-order valence-corrected chi connectivity index (χ0v) is 11.7. The third-order valence-electron chi connectivity index (χ3n) is 2.06. The fraction of sp³-hybridized carbons (Fsp3) is 0.364. The highest BCUT2D eigenvalue weighted by molar-refractivity contribution is 9.10. The number of benzene rings is 1. The smallest absolute Gasteiger partial charge is 0.234 e. The summed E-state index contributed by atoms with van der Waals surface area (Å²) in [6.07, 6.45) is 0.698. The Morgan fingerprint density at radius 1 is 1.44 bits per heavy atom. The second-order valence-corrected chi connectivity index (χ2v) is 5.15. The minimum atomic E-state index is -0.297. The monoisotopic (exact) mass is 351 g/mol. The molecule has 0 fully saturated rings. The Hall–Kier alpha value is -0.420. The van der Waals surface area contributed by atoms with E-state index in [2.05, 4.69) is 37.2 Å². The lowest BCUT2D eigenvalue weighted by atomic mass is 10.2. The summed E-state index contributed by atoms with van der Waals surface area (Å²) in [5.41, 5.74) is 0.495. The first-order valence-corrected chi connectivity index (χ1v) is 6.90. The van der Waals surface area contributed by atoms with Crippen LogP contribution < -0.4 is 5.32 Å². The Morgan fingerprint density at radius 3 is 2.75 bits per heavy atom. The van der Waals surface area contributed by atoms with Gasteiger partial charge in [0.05, 0.1) is 4.83 Å². The molecular weight excluding hydrogens is 341 g/mol. The summed E-state index contributed by atoms with van der Waals surface area (Å²) >= 11 is 6.52. The van der Waals surface area contributed by atoms with Crippen molar-refractivity contribution in [2.24, 2.45) is 0 Å². The van der Waals surface area contributed by atoms with E-state index < -0.39 is 0 Å². The molecule has 1 aromatic carbocycles. The summed E-state index contributed by atoms with van der Waals surface area (Å²) in [4.78, 5) is 11.3. The van der Waals surface area contributed by atoms with Gasteiger partial charge < -0.3 is 5.32 Å². The third kappa shape index (κ3) is 4.22. The van der Waals surface area contributed by atoms with E-state index in [9.17, 15) is 9.18 Å². The molecule has 0 bridgehead atoms. The molecule has 16 heavy (non-hydrogen) atoms. The summed E-state index contributed by atoms with van der Waals surface area (Å²) < 4.78 is 13.2. The largest absolute Gasteiger partial charge is 0.351 e. The van der Waals surface area contributed by atoms with Gasteiger partial charge in [0.2, 0.25) is 5.91 Å². The number of amides is 1. The van der Waals surface area contributed by atoms with Gasteiger partial charge in [-0.05, 0) is 12.5 Å².